The largest absolute Gasteiger partial charge is 0.394 e. The molecule has 3 fully saturated rings. The minimum absolute atomic E-state index is 0.570. The zero-order valence-electron chi connectivity index (χ0n) is 17.6. The van der Waals surface area contributed by atoms with Crippen LogP contribution in [0.25, 0.3) is 0 Å². The van der Waals surface area contributed by atoms with E-state index in [0.717, 1.165) is 0 Å². The van der Waals surface area contributed by atoms with Crippen LogP contribution in [0, 0.1) is 0 Å². The molecular weight excluding hydrogens is 456 g/mol. The highest BCUT2D eigenvalue weighted by Crippen LogP contribution is 2.29. The molecule has 3 saturated heterocycles. The maximum Gasteiger partial charge on any atom is 0.187 e. The molecule has 0 unspecified atom stereocenters. The average Bonchev–Trinajstić information content (AvgIpc) is 2.79. The summed E-state index contributed by atoms with van der Waals surface area (Å²) in [5.74, 6) is 0. The number of ether oxygens (including phenoxy) is 5. The van der Waals surface area contributed by atoms with E-state index in [1.165, 1.54) is 6.92 Å². The van der Waals surface area contributed by atoms with Gasteiger partial charge in [0.15, 0.2) is 18.9 Å². The van der Waals surface area contributed by atoms with E-state index in [1.807, 2.05) is 0 Å². The molecule has 33 heavy (non-hydrogen) atoms. The lowest BCUT2D eigenvalue weighted by atomic mass is 9.97. The lowest BCUT2D eigenvalue weighted by Gasteiger charge is -2.45. The van der Waals surface area contributed by atoms with Crippen molar-refractivity contribution in [2.24, 2.45) is 0 Å². The van der Waals surface area contributed by atoms with Crippen LogP contribution in [-0.4, -0.2) is 156 Å². The average molecular weight is 488 g/mol. The highest BCUT2D eigenvalue weighted by Gasteiger charge is 2.50. The van der Waals surface area contributed by atoms with Crippen molar-refractivity contribution in [1.82, 2.24) is 0 Å². The molecular formula is C18H32O15. The van der Waals surface area contributed by atoms with Gasteiger partial charge < -0.3 is 74.7 Å². The van der Waals surface area contributed by atoms with Gasteiger partial charge in [0.2, 0.25) is 0 Å². The number of hydrogen-bond donors (Lipinski definition) is 10. The van der Waals surface area contributed by atoms with Gasteiger partial charge >= 0.3 is 0 Å². The third-order valence-electron chi connectivity index (χ3n) is 6.03. The van der Waals surface area contributed by atoms with Gasteiger partial charge in [-0.15, -0.1) is 0 Å². The van der Waals surface area contributed by atoms with Crippen LogP contribution in [0.3, 0.4) is 0 Å². The fourth-order valence-corrected chi connectivity index (χ4v) is 3.89. The molecule has 0 radical (unpaired) electrons. The molecule has 3 aliphatic rings. The van der Waals surface area contributed by atoms with Crippen molar-refractivity contribution < 1.29 is 74.7 Å². The van der Waals surface area contributed by atoms with Crippen molar-refractivity contribution in [3.63, 3.8) is 0 Å². The van der Waals surface area contributed by atoms with Gasteiger partial charge in [-0.25, -0.2) is 0 Å². The summed E-state index contributed by atoms with van der Waals surface area (Å²) in [7, 11) is 0. The molecule has 0 aliphatic carbocycles. The molecule has 15 nitrogen and oxygen atoms in total. The lowest BCUT2D eigenvalue weighted by Crippen LogP contribution is -2.64. The Kier molecular flexibility index (Phi) is 8.99. The van der Waals surface area contributed by atoms with Gasteiger partial charge in [-0.05, 0) is 6.92 Å². The summed E-state index contributed by atoms with van der Waals surface area (Å²) in [4.78, 5) is 0. The summed E-state index contributed by atoms with van der Waals surface area (Å²) in [5, 5.41) is 99.5. The molecule has 0 aromatic heterocycles. The van der Waals surface area contributed by atoms with Crippen molar-refractivity contribution in [2.45, 2.75) is 99.0 Å². The van der Waals surface area contributed by atoms with Crippen molar-refractivity contribution in [2.75, 3.05) is 13.2 Å². The lowest BCUT2D eigenvalue weighted by molar-refractivity contribution is -0.359. The van der Waals surface area contributed by atoms with E-state index < -0.39 is 105 Å². The van der Waals surface area contributed by atoms with Crippen LogP contribution in [0.15, 0.2) is 0 Å². The molecule has 194 valence electrons. The molecule has 3 heterocycles. The predicted octanol–water partition coefficient (Wildman–Crippen LogP) is -6.55. The monoisotopic (exact) mass is 488 g/mol. The molecule has 0 spiro atoms. The Bertz CT molecular complexity index is 624. The fourth-order valence-electron chi connectivity index (χ4n) is 3.89. The smallest absolute Gasteiger partial charge is 0.187 e. The molecule has 0 amide bonds. The third kappa shape index (κ3) is 5.48. The second kappa shape index (κ2) is 11.0. The molecule has 0 aromatic rings. The van der Waals surface area contributed by atoms with E-state index in [0.29, 0.717) is 0 Å². The van der Waals surface area contributed by atoms with Crippen molar-refractivity contribution in [3.8, 4) is 0 Å². The van der Waals surface area contributed by atoms with Crippen LogP contribution in [-0.2, 0) is 23.7 Å². The third-order valence-corrected chi connectivity index (χ3v) is 6.03. The van der Waals surface area contributed by atoms with E-state index in [2.05, 4.69) is 0 Å². The zero-order valence-corrected chi connectivity index (χ0v) is 17.6. The Balaban J connectivity index is 1.64. The van der Waals surface area contributed by atoms with Crippen LogP contribution < -0.4 is 0 Å². The Morgan fingerprint density at radius 3 is 1.85 bits per heavy atom. The first-order valence-corrected chi connectivity index (χ1v) is 10.4. The summed E-state index contributed by atoms with van der Waals surface area (Å²) in [5.41, 5.74) is 0. The minimum atomic E-state index is -1.88. The van der Waals surface area contributed by atoms with E-state index in [4.69, 9.17) is 23.7 Å². The highest BCUT2D eigenvalue weighted by molar-refractivity contribution is 4.94. The van der Waals surface area contributed by atoms with Crippen LogP contribution in [0.2, 0.25) is 0 Å². The van der Waals surface area contributed by atoms with E-state index in [-0.39, 0.29) is 0 Å². The molecule has 0 bridgehead atoms. The Morgan fingerprint density at radius 1 is 0.606 bits per heavy atom. The van der Waals surface area contributed by atoms with Gasteiger partial charge in [0.05, 0.1) is 19.3 Å². The van der Waals surface area contributed by atoms with Crippen molar-refractivity contribution >= 4 is 0 Å². The number of rotatable bonds is 6. The van der Waals surface area contributed by atoms with Crippen molar-refractivity contribution in [3.05, 3.63) is 0 Å². The number of aliphatic hydroxyl groups is 10. The summed E-state index contributed by atoms with van der Waals surface area (Å²) < 4.78 is 26.3. The van der Waals surface area contributed by atoms with Gasteiger partial charge in [0.1, 0.15) is 67.1 Å². The quantitative estimate of drug-likeness (QED) is 0.167. The van der Waals surface area contributed by atoms with E-state index in [9.17, 15) is 51.1 Å². The first-order chi connectivity index (χ1) is 15.5. The zero-order chi connectivity index (χ0) is 24.6. The summed E-state index contributed by atoms with van der Waals surface area (Å²) in [6, 6.07) is 0. The van der Waals surface area contributed by atoms with E-state index >= 15 is 0 Å². The van der Waals surface area contributed by atoms with Crippen LogP contribution >= 0.6 is 0 Å². The number of aliphatic hydroxyl groups excluding tert-OH is 10. The molecule has 3 aliphatic heterocycles. The Labute approximate surface area is 187 Å². The molecule has 15 atom stereocenters. The molecule has 15 heteroatoms. The first kappa shape index (κ1) is 27.0. The van der Waals surface area contributed by atoms with Crippen molar-refractivity contribution in [1.29, 1.82) is 0 Å². The summed E-state index contributed by atoms with van der Waals surface area (Å²) >= 11 is 0. The second-order valence-electron chi connectivity index (χ2n) is 8.36. The van der Waals surface area contributed by atoms with Crippen LogP contribution in [0.5, 0.6) is 0 Å². The Hall–Kier alpha value is -0.600. The fraction of sp³-hybridized carbons (Fsp3) is 1.00. The van der Waals surface area contributed by atoms with Gasteiger partial charge in [-0.3, -0.25) is 0 Å². The summed E-state index contributed by atoms with van der Waals surface area (Å²) in [6.45, 7) is 0.148. The number of hydrogen-bond acceptors (Lipinski definition) is 15. The Morgan fingerprint density at radius 2 is 1.21 bits per heavy atom. The molecule has 10 N–H and O–H groups in total. The van der Waals surface area contributed by atoms with E-state index in [1.54, 1.807) is 0 Å². The maximum absolute atomic E-state index is 10.6. The predicted molar refractivity (Wildman–Crippen MR) is 99.8 cm³/mol. The molecule has 0 saturated carbocycles. The standard InChI is InChI=1S/C18H32O15/c1-4-7(20)10(23)13(26)18(30-4)33-15-9(22)6(31-16(28)14(15)27)3-29-17-12(25)11(24)8(21)5(2-19)32-17/h4-28H,2-3H2,1H3/t4-,5-,6-,7-,8-,9-,10+,11+,12+,13+,14+,15+,16+,17+,18-/m1/s1. The van der Waals surface area contributed by atoms with Gasteiger partial charge in [-0.2, -0.15) is 0 Å². The topological polar surface area (TPSA) is 248 Å². The van der Waals surface area contributed by atoms with Crippen LogP contribution in [0.1, 0.15) is 6.92 Å². The molecule has 0 aromatic carbocycles. The highest BCUT2D eigenvalue weighted by atomic mass is 16.7. The normalized spacial score (nSPS) is 53.7. The van der Waals surface area contributed by atoms with Gasteiger partial charge in [-0.1, -0.05) is 0 Å². The molecule has 3 rings (SSSR count). The van der Waals surface area contributed by atoms with Gasteiger partial charge in [0.25, 0.3) is 0 Å². The maximum atomic E-state index is 10.6. The summed E-state index contributed by atoms with van der Waals surface area (Å²) in [6.07, 6.45) is -23.5. The minimum Gasteiger partial charge on any atom is -0.394 e. The SMILES string of the molecule is C[C@H]1O[C@H](O[C@@H]2[C@H](O)[C@@H](O)O[C@H](CO[C@H]3O[C@H](CO)[C@@H](O)[C@H](O)[C@@H]3O)[C@H]2O)[C@@H](O)[C@@H](O)[C@@H]1O. The first-order valence-electron chi connectivity index (χ1n) is 10.4. The van der Waals surface area contributed by atoms with Crippen LogP contribution in [0.4, 0.5) is 0 Å². The van der Waals surface area contributed by atoms with Gasteiger partial charge in [0, 0.05) is 0 Å². The second-order valence-corrected chi connectivity index (χ2v) is 8.36.